The third kappa shape index (κ3) is 4.95. The second-order valence-electron chi connectivity index (χ2n) is 9.10. The number of aromatic nitrogens is 2. The van der Waals surface area contributed by atoms with Crippen LogP contribution >= 0.6 is 0 Å². The molecule has 3 aromatic carbocycles. The number of hydrogen-bond acceptors (Lipinski definition) is 5. The standard InChI is InChI=1S/C28H23F3N6O/c1-18-17-36(14-15-37(18)27(38)33-22-12-10-21(11-13-22)28(29,30)31)26-24-5-3-2-4-23(24)25(34-35-26)20-8-6-19(16-32)7-9-20/h2-13,18H,14-15,17H2,1H3,(H,33,38). The normalized spacial score (nSPS) is 15.8. The van der Waals surface area contributed by atoms with Crippen molar-refractivity contribution in [2.45, 2.75) is 19.1 Å². The molecule has 2 amide bonds. The Labute approximate surface area is 217 Å². The summed E-state index contributed by atoms with van der Waals surface area (Å²) in [6, 6.07) is 21.0. The summed E-state index contributed by atoms with van der Waals surface area (Å²) in [6.07, 6.45) is -4.43. The molecular formula is C28H23F3N6O. The van der Waals surface area contributed by atoms with Crippen molar-refractivity contribution in [2.24, 2.45) is 0 Å². The fourth-order valence-corrected chi connectivity index (χ4v) is 4.63. The number of alkyl halides is 3. The van der Waals surface area contributed by atoms with Gasteiger partial charge in [0.15, 0.2) is 5.82 Å². The zero-order valence-electron chi connectivity index (χ0n) is 20.4. The molecular weight excluding hydrogens is 493 g/mol. The number of anilines is 2. The van der Waals surface area contributed by atoms with Gasteiger partial charge in [0.25, 0.3) is 0 Å². The maximum absolute atomic E-state index is 12.9. The van der Waals surface area contributed by atoms with Crippen LogP contribution in [0.5, 0.6) is 0 Å². The summed E-state index contributed by atoms with van der Waals surface area (Å²) in [5.41, 5.74) is 1.68. The lowest BCUT2D eigenvalue weighted by Gasteiger charge is -2.40. The van der Waals surface area contributed by atoms with Crippen LogP contribution in [0, 0.1) is 11.3 Å². The van der Waals surface area contributed by atoms with Crippen molar-refractivity contribution < 1.29 is 18.0 Å². The summed E-state index contributed by atoms with van der Waals surface area (Å²) in [5.74, 6) is 0.715. The molecule has 0 radical (unpaired) electrons. The molecule has 1 aliphatic heterocycles. The Bertz CT molecular complexity index is 1510. The topological polar surface area (TPSA) is 85.2 Å². The number of piperazine rings is 1. The van der Waals surface area contributed by atoms with Crippen molar-refractivity contribution in [3.05, 3.63) is 83.9 Å². The number of halogens is 3. The fourth-order valence-electron chi connectivity index (χ4n) is 4.63. The molecule has 10 heteroatoms. The Morgan fingerprint density at radius 1 is 0.974 bits per heavy atom. The monoisotopic (exact) mass is 516 g/mol. The molecule has 0 spiro atoms. The van der Waals surface area contributed by atoms with Crippen molar-refractivity contribution >= 4 is 28.3 Å². The van der Waals surface area contributed by atoms with Crippen molar-refractivity contribution in [1.29, 1.82) is 5.26 Å². The first-order valence-electron chi connectivity index (χ1n) is 12.0. The molecule has 1 unspecified atom stereocenters. The average Bonchev–Trinajstić information content (AvgIpc) is 2.92. The van der Waals surface area contributed by atoms with E-state index in [-0.39, 0.29) is 12.1 Å². The minimum atomic E-state index is -4.43. The summed E-state index contributed by atoms with van der Waals surface area (Å²) < 4.78 is 38.4. The molecule has 0 bridgehead atoms. The number of amides is 2. The Kier molecular flexibility index (Phi) is 6.59. The summed E-state index contributed by atoms with van der Waals surface area (Å²) in [4.78, 5) is 16.6. The highest BCUT2D eigenvalue weighted by Gasteiger charge is 2.31. The van der Waals surface area contributed by atoms with Gasteiger partial charge in [-0.2, -0.15) is 18.4 Å². The van der Waals surface area contributed by atoms with E-state index in [1.165, 1.54) is 12.1 Å². The number of rotatable bonds is 3. The molecule has 1 aliphatic rings. The van der Waals surface area contributed by atoms with Crippen LogP contribution in [0.3, 0.4) is 0 Å². The maximum Gasteiger partial charge on any atom is 0.416 e. The van der Waals surface area contributed by atoms with Crippen LogP contribution in [-0.2, 0) is 6.18 Å². The van der Waals surface area contributed by atoms with Gasteiger partial charge in [0.1, 0.15) is 5.69 Å². The summed E-state index contributed by atoms with van der Waals surface area (Å²) in [6.45, 7) is 3.34. The van der Waals surface area contributed by atoms with Gasteiger partial charge in [-0.3, -0.25) is 0 Å². The Morgan fingerprint density at radius 3 is 2.29 bits per heavy atom. The molecule has 38 heavy (non-hydrogen) atoms. The smallest absolute Gasteiger partial charge is 0.351 e. The first-order chi connectivity index (χ1) is 18.2. The first-order valence-corrected chi connectivity index (χ1v) is 12.0. The molecule has 1 saturated heterocycles. The third-order valence-electron chi connectivity index (χ3n) is 6.61. The van der Waals surface area contributed by atoms with E-state index in [1.54, 1.807) is 17.0 Å². The lowest BCUT2D eigenvalue weighted by atomic mass is 10.0. The highest BCUT2D eigenvalue weighted by atomic mass is 19.4. The Morgan fingerprint density at radius 2 is 1.66 bits per heavy atom. The predicted octanol–water partition coefficient (Wildman–Crippen LogP) is 5.93. The van der Waals surface area contributed by atoms with Gasteiger partial charge < -0.3 is 15.1 Å². The van der Waals surface area contributed by atoms with Crippen molar-refractivity contribution in [3.63, 3.8) is 0 Å². The van der Waals surface area contributed by atoms with E-state index in [1.807, 2.05) is 43.3 Å². The fraction of sp³-hybridized carbons (Fsp3) is 0.214. The van der Waals surface area contributed by atoms with Crippen LogP contribution in [0.2, 0.25) is 0 Å². The zero-order chi connectivity index (χ0) is 26.9. The Balaban J connectivity index is 1.33. The number of nitriles is 1. The number of nitrogens with zero attached hydrogens (tertiary/aromatic N) is 5. The largest absolute Gasteiger partial charge is 0.416 e. The van der Waals surface area contributed by atoms with Gasteiger partial charge in [-0.1, -0.05) is 36.4 Å². The van der Waals surface area contributed by atoms with Crippen LogP contribution in [0.4, 0.5) is 29.5 Å². The minimum absolute atomic E-state index is 0.183. The first kappa shape index (κ1) is 25.0. The second kappa shape index (κ2) is 10.0. The number of carbonyl (C=O) groups is 1. The van der Waals surface area contributed by atoms with Crippen molar-refractivity contribution in [3.8, 4) is 17.3 Å². The number of hydrogen-bond donors (Lipinski definition) is 1. The number of urea groups is 1. The third-order valence-corrected chi connectivity index (χ3v) is 6.61. The molecule has 5 rings (SSSR count). The lowest BCUT2D eigenvalue weighted by Crippen LogP contribution is -2.55. The van der Waals surface area contributed by atoms with Gasteiger partial charge in [0, 0.05) is 47.7 Å². The number of nitrogens with one attached hydrogen (secondary N) is 1. The van der Waals surface area contributed by atoms with Gasteiger partial charge in [0.2, 0.25) is 0 Å². The van der Waals surface area contributed by atoms with E-state index in [9.17, 15) is 18.0 Å². The quantitative estimate of drug-likeness (QED) is 0.365. The molecule has 1 aromatic heterocycles. The van der Waals surface area contributed by atoms with Gasteiger partial charge >= 0.3 is 12.2 Å². The van der Waals surface area contributed by atoms with Crippen molar-refractivity contribution in [1.82, 2.24) is 15.1 Å². The summed E-state index contributed by atoms with van der Waals surface area (Å²) >= 11 is 0. The molecule has 0 aliphatic carbocycles. The van der Waals surface area contributed by atoms with Crippen LogP contribution in [-0.4, -0.2) is 46.8 Å². The minimum Gasteiger partial charge on any atom is -0.351 e. The molecule has 7 nitrogen and oxygen atoms in total. The molecule has 0 saturated carbocycles. The van der Waals surface area contributed by atoms with Crippen molar-refractivity contribution in [2.75, 3.05) is 29.9 Å². The summed E-state index contributed by atoms with van der Waals surface area (Å²) in [5, 5.41) is 22.7. The van der Waals surface area contributed by atoms with E-state index in [2.05, 4.69) is 26.5 Å². The predicted molar refractivity (Wildman–Crippen MR) is 139 cm³/mol. The van der Waals surface area contributed by atoms with E-state index in [0.29, 0.717) is 36.7 Å². The van der Waals surface area contributed by atoms with Gasteiger partial charge in [-0.15, -0.1) is 10.2 Å². The number of carbonyl (C=O) groups excluding carboxylic acids is 1. The Hall–Kier alpha value is -4.65. The maximum atomic E-state index is 12.9. The van der Waals surface area contributed by atoms with Gasteiger partial charge in [-0.25, -0.2) is 4.79 Å². The molecule has 1 fully saturated rings. The average molecular weight is 517 g/mol. The van der Waals surface area contributed by atoms with E-state index in [4.69, 9.17) is 5.26 Å². The molecule has 2 heterocycles. The van der Waals surface area contributed by atoms with Crippen LogP contribution < -0.4 is 10.2 Å². The van der Waals surface area contributed by atoms with Gasteiger partial charge in [0.05, 0.1) is 17.2 Å². The van der Waals surface area contributed by atoms with Crippen LogP contribution in [0.25, 0.3) is 22.0 Å². The van der Waals surface area contributed by atoms with Gasteiger partial charge in [-0.05, 0) is 43.3 Å². The summed E-state index contributed by atoms with van der Waals surface area (Å²) in [7, 11) is 0. The molecule has 1 atom stereocenters. The SMILES string of the molecule is CC1CN(c2nnc(-c3ccc(C#N)cc3)c3ccccc23)CCN1C(=O)Nc1ccc(C(F)(F)F)cc1. The molecule has 4 aromatic rings. The van der Waals surface area contributed by atoms with Crippen LogP contribution in [0.15, 0.2) is 72.8 Å². The molecule has 192 valence electrons. The second-order valence-corrected chi connectivity index (χ2v) is 9.10. The number of benzene rings is 3. The van der Waals surface area contributed by atoms with E-state index in [0.717, 1.165) is 34.2 Å². The zero-order valence-corrected chi connectivity index (χ0v) is 20.4. The number of fused-ring (bicyclic) bond motifs is 1. The molecule has 1 N–H and O–H groups in total. The van der Waals surface area contributed by atoms with E-state index >= 15 is 0 Å². The van der Waals surface area contributed by atoms with E-state index < -0.39 is 11.7 Å². The highest BCUT2D eigenvalue weighted by molar-refractivity contribution is 6.00. The highest BCUT2D eigenvalue weighted by Crippen LogP contribution is 2.33. The van der Waals surface area contributed by atoms with Crippen LogP contribution in [0.1, 0.15) is 18.1 Å². The lowest BCUT2D eigenvalue weighted by molar-refractivity contribution is -0.137.